The Morgan fingerprint density at radius 2 is 1.69 bits per heavy atom. The van der Waals surface area contributed by atoms with Crippen molar-refractivity contribution in [3.8, 4) is 0 Å². The zero-order valence-corrected chi connectivity index (χ0v) is 17.3. The van der Waals surface area contributed by atoms with Gasteiger partial charge in [-0.3, -0.25) is 9.59 Å². The third kappa shape index (κ3) is 3.76. The molecule has 0 unspecified atom stereocenters. The van der Waals surface area contributed by atoms with E-state index in [1.807, 2.05) is 48.5 Å². The first-order valence-electron chi connectivity index (χ1n) is 9.45. The molecular formula is C24H20BrNO3. The maximum Gasteiger partial charge on any atom is 0.264 e. The van der Waals surface area contributed by atoms with Crippen LogP contribution in [0.5, 0.6) is 0 Å². The first-order valence-corrected chi connectivity index (χ1v) is 10.2. The van der Waals surface area contributed by atoms with Crippen LogP contribution in [0.15, 0.2) is 83.3 Å². The summed E-state index contributed by atoms with van der Waals surface area (Å²) in [4.78, 5) is 27.7. The number of carbonyl (C=O) groups excluding carboxylic acids is 2. The third-order valence-corrected chi connectivity index (χ3v) is 5.76. The van der Waals surface area contributed by atoms with Gasteiger partial charge >= 0.3 is 0 Å². The summed E-state index contributed by atoms with van der Waals surface area (Å²) in [5.74, 6) is -0.722. The van der Waals surface area contributed by atoms with E-state index in [4.69, 9.17) is 0 Å². The number of rotatable bonds is 6. The summed E-state index contributed by atoms with van der Waals surface area (Å²) in [7, 11) is 0. The van der Waals surface area contributed by atoms with Crippen LogP contribution in [0.4, 0.5) is 5.69 Å². The summed E-state index contributed by atoms with van der Waals surface area (Å²) in [5.41, 5.74) is 0.866. The summed E-state index contributed by atoms with van der Waals surface area (Å²) >= 11 is 3.36. The average Bonchev–Trinajstić information content (AvgIpc) is 2.94. The van der Waals surface area contributed by atoms with Gasteiger partial charge < -0.3 is 10.0 Å². The minimum absolute atomic E-state index is 0.276. The molecule has 3 aromatic carbocycles. The molecule has 4 nitrogen and oxygen atoms in total. The summed E-state index contributed by atoms with van der Waals surface area (Å²) in [6, 6.07) is 24.0. The van der Waals surface area contributed by atoms with Gasteiger partial charge in [0.2, 0.25) is 0 Å². The normalized spacial score (nSPS) is 18.0. The highest BCUT2D eigenvalue weighted by molar-refractivity contribution is 9.10. The zero-order valence-electron chi connectivity index (χ0n) is 15.7. The Morgan fingerprint density at radius 1 is 0.966 bits per heavy atom. The molecular weight excluding hydrogens is 430 g/mol. The molecule has 1 aliphatic heterocycles. The molecule has 3 aromatic rings. The van der Waals surface area contributed by atoms with Gasteiger partial charge in [-0.15, -0.1) is 0 Å². The van der Waals surface area contributed by atoms with Crippen molar-refractivity contribution in [3.63, 3.8) is 0 Å². The topological polar surface area (TPSA) is 57.6 Å². The molecule has 0 saturated heterocycles. The van der Waals surface area contributed by atoms with Gasteiger partial charge in [0.1, 0.15) is 0 Å². The van der Waals surface area contributed by atoms with Crippen molar-refractivity contribution in [2.24, 2.45) is 0 Å². The SMILES string of the molecule is O=C(C[C@]1(O)C(=O)N(CCc2ccccc2)c2ccccc21)c1cccc(Br)c1. The van der Waals surface area contributed by atoms with E-state index in [1.54, 1.807) is 35.2 Å². The Balaban J connectivity index is 1.61. The van der Waals surface area contributed by atoms with E-state index >= 15 is 0 Å². The van der Waals surface area contributed by atoms with E-state index in [1.165, 1.54) is 0 Å². The van der Waals surface area contributed by atoms with Crippen LogP contribution in [0.1, 0.15) is 27.9 Å². The molecule has 0 saturated carbocycles. The van der Waals surface area contributed by atoms with Gasteiger partial charge in [-0.1, -0.05) is 76.6 Å². The monoisotopic (exact) mass is 449 g/mol. The number of hydrogen-bond donors (Lipinski definition) is 1. The number of carbonyl (C=O) groups is 2. The molecule has 29 heavy (non-hydrogen) atoms. The number of benzene rings is 3. The van der Waals surface area contributed by atoms with Crippen LogP contribution in [-0.2, 0) is 16.8 Å². The van der Waals surface area contributed by atoms with Crippen LogP contribution in [0, 0.1) is 0 Å². The summed E-state index contributed by atoms with van der Waals surface area (Å²) in [5, 5.41) is 11.4. The van der Waals surface area contributed by atoms with Crippen molar-refractivity contribution >= 4 is 33.3 Å². The van der Waals surface area contributed by atoms with Gasteiger partial charge in [-0.25, -0.2) is 0 Å². The van der Waals surface area contributed by atoms with E-state index in [0.29, 0.717) is 29.8 Å². The van der Waals surface area contributed by atoms with Crippen molar-refractivity contribution in [2.75, 3.05) is 11.4 Å². The van der Waals surface area contributed by atoms with Crippen LogP contribution >= 0.6 is 15.9 Å². The van der Waals surface area contributed by atoms with Crippen molar-refractivity contribution in [2.45, 2.75) is 18.4 Å². The van der Waals surface area contributed by atoms with E-state index in [0.717, 1.165) is 10.0 Å². The van der Waals surface area contributed by atoms with Gasteiger partial charge in [0.15, 0.2) is 11.4 Å². The lowest BCUT2D eigenvalue weighted by Crippen LogP contribution is -2.42. The molecule has 1 heterocycles. The smallest absolute Gasteiger partial charge is 0.264 e. The lowest BCUT2D eigenvalue weighted by Gasteiger charge is -2.23. The van der Waals surface area contributed by atoms with E-state index < -0.39 is 11.5 Å². The van der Waals surface area contributed by atoms with Crippen LogP contribution in [0.2, 0.25) is 0 Å². The zero-order chi connectivity index (χ0) is 20.4. The lowest BCUT2D eigenvalue weighted by molar-refractivity contribution is -0.135. The highest BCUT2D eigenvalue weighted by Crippen LogP contribution is 2.42. The van der Waals surface area contributed by atoms with Gasteiger partial charge in [0, 0.05) is 22.1 Å². The molecule has 146 valence electrons. The average molecular weight is 450 g/mol. The minimum Gasteiger partial charge on any atom is -0.375 e. The van der Waals surface area contributed by atoms with E-state index in [9.17, 15) is 14.7 Å². The van der Waals surface area contributed by atoms with Crippen LogP contribution in [-0.4, -0.2) is 23.3 Å². The van der Waals surface area contributed by atoms with E-state index in [2.05, 4.69) is 15.9 Å². The molecule has 0 spiro atoms. The van der Waals surface area contributed by atoms with E-state index in [-0.39, 0.29) is 12.2 Å². The summed E-state index contributed by atoms with van der Waals surface area (Å²) in [6.45, 7) is 0.438. The predicted molar refractivity (Wildman–Crippen MR) is 116 cm³/mol. The number of ketones is 1. The molecule has 1 N–H and O–H groups in total. The molecule has 0 fully saturated rings. The highest BCUT2D eigenvalue weighted by Gasteiger charge is 2.50. The first-order chi connectivity index (χ1) is 14.0. The molecule has 1 atom stereocenters. The lowest BCUT2D eigenvalue weighted by atomic mass is 9.88. The number of para-hydroxylation sites is 1. The van der Waals surface area contributed by atoms with Crippen LogP contribution < -0.4 is 4.90 Å². The molecule has 4 rings (SSSR count). The Hall–Kier alpha value is -2.76. The molecule has 5 heteroatoms. The Morgan fingerprint density at radius 3 is 2.45 bits per heavy atom. The van der Waals surface area contributed by atoms with Gasteiger partial charge in [-0.05, 0) is 30.2 Å². The quantitative estimate of drug-likeness (QED) is 0.563. The number of nitrogens with zero attached hydrogens (tertiary/aromatic N) is 1. The molecule has 1 amide bonds. The Bertz CT molecular complexity index is 1070. The standard InChI is InChI=1S/C24H20BrNO3/c25-19-10-6-9-18(15-19)22(27)16-24(29)20-11-4-5-12-21(20)26(23(24)28)14-13-17-7-2-1-3-8-17/h1-12,15,29H,13-14,16H2/t24-/m1/s1. The molecule has 0 radical (unpaired) electrons. The van der Waals surface area contributed by atoms with Gasteiger partial charge in [0.25, 0.3) is 5.91 Å². The number of anilines is 1. The maximum atomic E-state index is 13.3. The fraction of sp³-hybridized carbons (Fsp3) is 0.167. The second-order valence-electron chi connectivity index (χ2n) is 7.18. The number of Topliss-reactive ketones (excluding diaryl/α,β-unsaturated/α-hetero) is 1. The fourth-order valence-electron chi connectivity index (χ4n) is 3.78. The van der Waals surface area contributed by atoms with Crippen LogP contribution in [0.3, 0.4) is 0 Å². The van der Waals surface area contributed by atoms with Crippen LogP contribution in [0.25, 0.3) is 0 Å². The van der Waals surface area contributed by atoms with Crippen molar-refractivity contribution < 1.29 is 14.7 Å². The molecule has 0 bridgehead atoms. The van der Waals surface area contributed by atoms with Crippen molar-refractivity contribution in [3.05, 3.63) is 100 Å². The van der Waals surface area contributed by atoms with Crippen molar-refractivity contribution in [1.82, 2.24) is 0 Å². The number of amides is 1. The Kier molecular flexibility index (Phi) is 5.35. The second-order valence-corrected chi connectivity index (χ2v) is 8.10. The van der Waals surface area contributed by atoms with Gasteiger partial charge in [0.05, 0.1) is 12.1 Å². The number of aliphatic hydroxyl groups is 1. The summed E-state index contributed by atoms with van der Waals surface area (Å²) in [6.07, 6.45) is 0.373. The molecule has 0 aliphatic carbocycles. The minimum atomic E-state index is -1.85. The molecule has 1 aliphatic rings. The summed E-state index contributed by atoms with van der Waals surface area (Å²) < 4.78 is 0.776. The maximum absolute atomic E-state index is 13.3. The highest BCUT2D eigenvalue weighted by atomic mass is 79.9. The predicted octanol–water partition coefficient (Wildman–Crippen LogP) is 4.50. The van der Waals surface area contributed by atoms with Crippen molar-refractivity contribution in [1.29, 1.82) is 0 Å². The second kappa shape index (κ2) is 7.93. The Labute approximate surface area is 177 Å². The largest absolute Gasteiger partial charge is 0.375 e. The van der Waals surface area contributed by atoms with Gasteiger partial charge in [-0.2, -0.15) is 0 Å². The number of fused-ring (bicyclic) bond motifs is 1. The third-order valence-electron chi connectivity index (χ3n) is 5.27. The first kappa shape index (κ1) is 19.6. The number of hydrogen-bond acceptors (Lipinski definition) is 3. The fourth-order valence-corrected chi connectivity index (χ4v) is 4.18. The number of halogens is 1. The molecule has 0 aromatic heterocycles.